The summed E-state index contributed by atoms with van der Waals surface area (Å²) >= 11 is 0. The quantitative estimate of drug-likeness (QED) is 0.299. The zero-order chi connectivity index (χ0) is 26.6. The van der Waals surface area contributed by atoms with Crippen LogP contribution in [0, 0.1) is 5.95 Å². The second-order valence-electron chi connectivity index (χ2n) is 8.69. The maximum Gasteiger partial charge on any atom is 0.277 e. The second kappa shape index (κ2) is 11.0. The lowest BCUT2D eigenvalue weighted by Gasteiger charge is -2.23. The number of hydrogen-bond acceptors (Lipinski definition) is 6. The first-order valence-electron chi connectivity index (χ1n) is 12.1. The highest BCUT2D eigenvalue weighted by molar-refractivity contribution is 7.91. The van der Waals surface area contributed by atoms with Crippen molar-refractivity contribution in [2.75, 3.05) is 0 Å². The molecule has 2 aromatic heterocycles. The van der Waals surface area contributed by atoms with Crippen molar-refractivity contribution in [3.05, 3.63) is 101 Å². The number of sulfone groups is 1. The lowest BCUT2D eigenvalue weighted by molar-refractivity contribution is 0.406. The summed E-state index contributed by atoms with van der Waals surface area (Å²) in [5.74, 6) is -1.08. The third-order valence-electron chi connectivity index (χ3n) is 6.26. The molecule has 0 spiro atoms. The van der Waals surface area contributed by atoms with Gasteiger partial charge in [0.2, 0.25) is 21.7 Å². The summed E-state index contributed by atoms with van der Waals surface area (Å²) in [5, 5.41) is 10.7. The van der Waals surface area contributed by atoms with E-state index in [1.807, 2.05) is 44.2 Å². The van der Waals surface area contributed by atoms with Crippen LogP contribution < -0.4 is 5.56 Å². The molecule has 7 nitrogen and oxygen atoms in total. The van der Waals surface area contributed by atoms with Crippen LogP contribution in [0.5, 0.6) is 5.88 Å². The molecule has 4 aromatic rings. The predicted molar refractivity (Wildman–Crippen MR) is 139 cm³/mol. The van der Waals surface area contributed by atoms with Crippen LogP contribution in [0.25, 0.3) is 11.1 Å². The normalized spacial score (nSPS) is 12.4. The Morgan fingerprint density at radius 2 is 1.65 bits per heavy atom. The number of hydrogen-bond donors (Lipinski definition) is 1. The minimum atomic E-state index is -4.41. The molecule has 1 atom stereocenters. The maximum atomic E-state index is 13.8. The van der Waals surface area contributed by atoms with Crippen molar-refractivity contribution in [3.63, 3.8) is 0 Å². The van der Waals surface area contributed by atoms with Gasteiger partial charge in [-0.2, -0.15) is 9.37 Å². The molecule has 0 saturated carbocycles. The average Bonchev–Trinajstić information content (AvgIpc) is 2.90. The molecular weight excluding hydrogens is 493 g/mol. The number of nitrogens with zero attached hydrogens (tertiary/aromatic N) is 3. The minimum absolute atomic E-state index is 0.166. The van der Waals surface area contributed by atoms with Crippen LogP contribution in [-0.4, -0.2) is 28.1 Å². The smallest absolute Gasteiger partial charge is 0.277 e. The molecule has 0 aliphatic carbocycles. The molecule has 0 amide bonds. The molecular formula is C28H28FN3O4S. The first-order chi connectivity index (χ1) is 17.8. The van der Waals surface area contributed by atoms with Crippen molar-refractivity contribution in [3.8, 4) is 17.0 Å². The zero-order valence-electron chi connectivity index (χ0n) is 20.6. The molecule has 37 heavy (non-hydrogen) atoms. The van der Waals surface area contributed by atoms with E-state index in [1.165, 1.54) is 35.0 Å². The summed E-state index contributed by atoms with van der Waals surface area (Å²) in [6.07, 6.45) is 3.85. The Kier molecular flexibility index (Phi) is 7.83. The molecule has 9 heteroatoms. The third-order valence-corrected chi connectivity index (χ3v) is 8.05. The van der Waals surface area contributed by atoms with E-state index in [9.17, 15) is 22.7 Å². The number of rotatable bonds is 9. The largest absolute Gasteiger partial charge is 0.492 e. The van der Waals surface area contributed by atoms with E-state index in [0.717, 1.165) is 18.4 Å². The number of aromatic nitrogens is 3. The van der Waals surface area contributed by atoms with Gasteiger partial charge in [-0.25, -0.2) is 13.4 Å². The third kappa shape index (κ3) is 5.32. The fourth-order valence-electron chi connectivity index (χ4n) is 4.35. The number of pyridine rings is 1. The predicted octanol–water partition coefficient (Wildman–Crippen LogP) is 5.32. The summed E-state index contributed by atoms with van der Waals surface area (Å²) in [6, 6.07) is 17.4. The van der Waals surface area contributed by atoms with Crippen LogP contribution in [0.4, 0.5) is 4.39 Å². The maximum absolute atomic E-state index is 13.8. The number of aryl methyl sites for hydroxylation is 1. The van der Waals surface area contributed by atoms with Gasteiger partial charge in [-0.1, -0.05) is 62.7 Å². The highest BCUT2D eigenvalue weighted by Gasteiger charge is 2.31. The summed E-state index contributed by atoms with van der Waals surface area (Å²) in [5.41, 5.74) is 1.27. The van der Waals surface area contributed by atoms with Crippen LogP contribution in [0.15, 0.2) is 87.5 Å². The number of halogens is 1. The first kappa shape index (κ1) is 26.2. The van der Waals surface area contributed by atoms with Gasteiger partial charge in [-0.15, -0.1) is 0 Å². The van der Waals surface area contributed by atoms with Gasteiger partial charge in [0.05, 0.1) is 10.9 Å². The van der Waals surface area contributed by atoms with E-state index >= 15 is 0 Å². The van der Waals surface area contributed by atoms with Crippen LogP contribution in [0.3, 0.4) is 0 Å². The highest BCUT2D eigenvalue weighted by Crippen LogP contribution is 2.30. The lowest BCUT2D eigenvalue weighted by Crippen LogP contribution is -2.33. The summed E-state index contributed by atoms with van der Waals surface area (Å²) in [7, 11) is -4.41. The molecule has 0 saturated heterocycles. The van der Waals surface area contributed by atoms with Gasteiger partial charge >= 0.3 is 0 Å². The SMILES string of the molecule is CCCCc1nc(O)c(S(=O)(=O)c2ccc(-c3ccc(F)nc3)cc2)c(=O)n1C(CC)c1ccccc1. The zero-order valence-corrected chi connectivity index (χ0v) is 21.5. The van der Waals surface area contributed by atoms with E-state index in [1.54, 1.807) is 12.1 Å². The minimum Gasteiger partial charge on any atom is -0.492 e. The van der Waals surface area contributed by atoms with Crippen molar-refractivity contribution in [2.24, 2.45) is 0 Å². The van der Waals surface area contributed by atoms with Gasteiger partial charge in [0.25, 0.3) is 5.56 Å². The van der Waals surface area contributed by atoms with E-state index in [4.69, 9.17) is 0 Å². The van der Waals surface area contributed by atoms with Crippen molar-refractivity contribution in [1.29, 1.82) is 0 Å². The Bertz CT molecular complexity index is 1540. The van der Waals surface area contributed by atoms with E-state index in [0.29, 0.717) is 29.8 Å². The van der Waals surface area contributed by atoms with Crippen molar-refractivity contribution < 1.29 is 17.9 Å². The fourth-order valence-corrected chi connectivity index (χ4v) is 5.69. The van der Waals surface area contributed by atoms with E-state index in [2.05, 4.69) is 9.97 Å². The van der Waals surface area contributed by atoms with Gasteiger partial charge in [-0.3, -0.25) is 9.36 Å². The summed E-state index contributed by atoms with van der Waals surface area (Å²) in [4.78, 5) is 20.8. The Labute approximate surface area is 215 Å². The lowest BCUT2D eigenvalue weighted by atomic mass is 10.0. The molecule has 192 valence electrons. The first-order valence-corrected chi connectivity index (χ1v) is 13.6. The van der Waals surface area contributed by atoms with Crippen LogP contribution in [-0.2, 0) is 16.3 Å². The molecule has 0 fully saturated rings. The molecule has 4 rings (SSSR count). The van der Waals surface area contributed by atoms with Gasteiger partial charge in [0.1, 0.15) is 5.82 Å². The highest BCUT2D eigenvalue weighted by atomic mass is 32.2. The summed E-state index contributed by atoms with van der Waals surface area (Å²) < 4.78 is 41.8. The van der Waals surface area contributed by atoms with E-state index < -0.39 is 38.2 Å². The standard InChI is InChI=1S/C28H28FN3O4S/c1-3-5-11-25-31-27(33)26(28(34)32(25)23(4-2)20-9-7-6-8-10-20)37(35,36)22-15-12-19(13-16-22)21-14-17-24(29)30-18-21/h6-10,12-18,23,33H,3-5,11H2,1-2H3. The molecule has 2 heterocycles. The fraction of sp³-hybridized carbons (Fsp3) is 0.250. The van der Waals surface area contributed by atoms with Crippen molar-refractivity contribution in [2.45, 2.75) is 55.4 Å². The van der Waals surface area contributed by atoms with E-state index in [-0.39, 0.29) is 4.90 Å². The Balaban J connectivity index is 1.84. The number of aromatic hydroxyl groups is 1. The molecule has 2 aromatic carbocycles. The van der Waals surface area contributed by atoms with Crippen molar-refractivity contribution in [1.82, 2.24) is 14.5 Å². The molecule has 1 unspecified atom stereocenters. The van der Waals surface area contributed by atoms with Gasteiger partial charge in [0, 0.05) is 18.2 Å². The van der Waals surface area contributed by atoms with Gasteiger partial charge in [0.15, 0.2) is 4.90 Å². The monoisotopic (exact) mass is 521 g/mol. The Morgan fingerprint density at radius 3 is 2.24 bits per heavy atom. The number of benzene rings is 2. The van der Waals surface area contributed by atoms with Crippen molar-refractivity contribution >= 4 is 9.84 Å². The summed E-state index contributed by atoms with van der Waals surface area (Å²) in [6.45, 7) is 3.92. The van der Waals surface area contributed by atoms with Crippen LogP contribution in [0.2, 0.25) is 0 Å². The Hall–Kier alpha value is -3.85. The molecule has 0 bridgehead atoms. The van der Waals surface area contributed by atoms with Gasteiger partial charge < -0.3 is 5.11 Å². The van der Waals surface area contributed by atoms with Crippen LogP contribution >= 0.6 is 0 Å². The van der Waals surface area contributed by atoms with Gasteiger partial charge in [-0.05, 0) is 48.2 Å². The average molecular weight is 522 g/mol. The molecule has 0 radical (unpaired) electrons. The Morgan fingerprint density at radius 1 is 0.973 bits per heavy atom. The number of unbranched alkanes of at least 4 members (excludes halogenated alkanes) is 1. The molecule has 1 N–H and O–H groups in total. The van der Waals surface area contributed by atoms with Crippen LogP contribution in [0.1, 0.15) is 50.5 Å². The molecule has 0 aliphatic rings. The second-order valence-corrected chi connectivity index (χ2v) is 10.6. The molecule has 0 aliphatic heterocycles. The topological polar surface area (TPSA) is 102 Å².